The number of unbranched alkanes of at least 4 members (excludes halogenated alkanes) is 24. The highest BCUT2D eigenvalue weighted by molar-refractivity contribution is 5.87. The van der Waals surface area contributed by atoms with Crippen LogP contribution in [-0.4, -0.2) is 24.4 Å². The second kappa shape index (κ2) is 32.6. The van der Waals surface area contributed by atoms with Gasteiger partial charge in [0, 0.05) is 11.4 Å². The summed E-state index contributed by atoms with van der Waals surface area (Å²) in [4.78, 5) is 24.2. The molecule has 0 aromatic rings. The lowest BCUT2D eigenvalue weighted by molar-refractivity contribution is -0.126. The van der Waals surface area contributed by atoms with Crippen molar-refractivity contribution in [2.75, 3.05) is 6.54 Å². The van der Waals surface area contributed by atoms with Crippen molar-refractivity contribution in [2.45, 2.75) is 207 Å². The average Bonchev–Trinajstić information content (AvgIpc) is 3.00. The summed E-state index contributed by atoms with van der Waals surface area (Å²) in [7, 11) is 0. The number of carbonyl (C=O) groups is 2. The van der Waals surface area contributed by atoms with E-state index >= 15 is 0 Å². The smallest absolute Gasteiger partial charge is 0.263 e. The first-order chi connectivity index (χ1) is 21.4. The van der Waals surface area contributed by atoms with Crippen LogP contribution in [0.15, 0.2) is 24.6 Å². The molecule has 5 heteroatoms. The third kappa shape index (κ3) is 30.3. The van der Waals surface area contributed by atoms with Crippen molar-refractivity contribution in [3.8, 4) is 0 Å². The van der Waals surface area contributed by atoms with Crippen LogP contribution in [-0.2, 0) is 9.59 Å². The van der Waals surface area contributed by atoms with Gasteiger partial charge in [0.15, 0.2) is 6.17 Å². The standard InChI is InChI=1S/C39H75N3O2/c1-6-8-10-12-14-16-18-20-22-24-26-28-30-32-35(3)41-38(39(44)40-34-37(5)43)42-36(4)33-31-29-27-25-23-21-19-17-15-13-11-9-7-2/h38,41-42H,3-4,6-34H2,1-2,5H3,(H,40,44). The molecule has 0 unspecified atom stereocenters. The van der Waals surface area contributed by atoms with E-state index in [0.717, 1.165) is 37.1 Å². The second-order valence-corrected chi connectivity index (χ2v) is 13.3. The Kier molecular flexibility index (Phi) is 31.3. The zero-order valence-electron chi connectivity index (χ0n) is 29.8. The first-order valence-electron chi connectivity index (χ1n) is 19.1. The summed E-state index contributed by atoms with van der Waals surface area (Å²) >= 11 is 0. The fraction of sp³-hybridized carbons (Fsp3) is 0.846. The van der Waals surface area contributed by atoms with Crippen LogP contribution < -0.4 is 16.0 Å². The van der Waals surface area contributed by atoms with E-state index in [1.807, 2.05) is 0 Å². The lowest BCUT2D eigenvalue weighted by atomic mass is 10.0. The van der Waals surface area contributed by atoms with E-state index in [2.05, 4.69) is 43.0 Å². The van der Waals surface area contributed by atoms with Gasteiger partial charge in [-0.15, -0.1) is 0 Å². The summed E-state index contributed by atoms with van der Waals surface area (Å²) < 4.78 is 0. The Balaban J connectivity index is 4.08. The predicted molar refractivity (Wildman–Crippen MR) is 193 cm³/mol. The van der Waals surface area contributed by atoms with Crippen LogP contribution in [0.2, 0.25) is 0 Å². The summed E-state index contributed by atoms with van der Waals surface area (Å²) in [5, 5.41) is 9.28. The highest BCUT2D eigenvalue weighted by atomic mass is 16.2. The lowest BCUT2D eigenvalue weighted by Gasteiger charge is -2.24. The minimum absolute atomic E-state index is 0.0371. The molecule has 0 aromatic heterocycles. The van der Waals surface area contributed by atoms with Gasteiger partial charge in [-0.25, -0.2) is 0 Å². The summed E-state index contributed by atoms with van der Waals surface area (Å²) in [5.74, 6) is -0.299. The van der Waals surface area contributed by atoms with Gasteiger partial charge in [0.05, 0.1) is 6.54 Å². The number of carbonyl (C=O) groups excluding carboxylic acids is 2. The van der Waals surface area contributed by atoms with E-state index in [1.54, 1.807) is 0 Å². The highest BCUT2D eigenvalue weighted by Crippen LogP contribution is 2.15. The summed E-state index contributed by atoms with van der Waals surface area (Å²) in [6, 6.07) is 0. The molecule has 0 heterocycles. The zero-order chi connectivity index (χ0) is 32.5. The monoisotopic (exact) mass is 618 g/mol. The van der Waals surface area contributed by atoms with Crippen molar-refractivity contribution in [2.24, 2.45) is 0 Å². The van der Waals surface area contributed by atoms with Crippen LogP contribution in [0.1, 0.15) is 201 Å². The fourth-order valence-corrected chi connectivity index (χ4v) is 5.75. The van der Waals surface area contributed by atoms with Crippen LogP contribution in [0.5, 0.6) is 0 Å². The molecule has 44 heavy (non-hydrogen) atoms. The number of amides is 1. The van der Waals surface area contributed by atoms with Gasteiger partial charge >= 0.3 is 0 Å². The van der Waals surface area contributed by atoms with E-state index in [4.69, 9.17) is 0 Å². The number of nitrogens with one attached hydrogen (secondary N) is 3. The average molecular weight is 618 g/mol. The van der Waals surface area contributed by atoms with Gasteiger partial charge in [-0.2, -0.15) is 0 Å². The molecule has 0 radical (unpaired) electrons. The second-order valence-electron chi connectivity index (χ2n) is 13.3. The maximum absolute atomic E-state index is 12.8. The number of rotatable bonds is 35. The quantitative estimate of drug-likeness (QED) is 0.0489. The van der Waals surface area contributed by atoms with Gasteiger partial charge in [-0.05, 0) is 32.6 Å². The molecule has 3 N–H and O–H groups in total. The molecule has 0 saturated carbocycles. The summed E-state index contributed by atoms with van der Waals surface area (Å²) in [5.41, 5.74) is 1.72. The number of ketones is 1. The Morgan fingerprint density at radius 1 is 0.477 bits per heavy atom. The van der Waals surface area contributed by atoms with Crippen molar-refractivity contribution in [3.63, 3.8) is 0 Å². The predicted octanol–water partition coefficient (Wildman–Crippen LogP) is 11.2. The summed E-state index contributed by atoms with van der Waals surface area (Å²) in [6.07, 6.45) is 35.6. The molecule has 0 fully saturated rings. The van der Waals surface area contributed by atoms with Crippen molar-refractivity contribution >= 4 is 11.7 Å². The normalized spacial score (nSPS) is 11.1. The molecule has 0 aromatic carbocycles. The van der Waals surface area contributed by atoms with Crippen LogP contribution >= 0.6 is 0 Å². The first-order valence-corrected chi connectivity index (χ1v) is 19.1. The SMILES string of the molecule is C=C(CCCCCCCCCCCCCCC)NC(NC(=C)CCCCCCCCCCCCCCC)C(=O)NCC(C)=O. The van der Waals surface area contributed by atoms with E-state index in [9.17, 15) is 9.59 Å². The molecule has 0 spiro atoms. The van der Waals surface area contributed by atoms with Gasteiger partial charge < -0.3 is 16.0 Å². The zero-order valence-corrected chi connectivity index (χ0v) is 29.8. The molecule has 1 amide bonds. The maximum atomic E-state index is 12.8. The topological polar surface area (TPSA) is 70.2 Å². The molecule has 0 atom stereocenters. The van der Waals surface area contributed by atoms with Crippen molar-refractivity contribution in [1.82, 2.24) is 16.0 Å². The molecule has 5 nitrogen and oxygen atoms in total. The van der Waals surface area contributed by atoms with E-state index in [0.29, 0.717) is 0 Å². The molecular formula is C39H75N3O2. The van der Waals surface area contributed by atoms with Gasteiger partial charge in [-0.3, -0.25) is 9.59 Å². The van der Waals surface area contributed by atoms with E-state index < -0.39 is 6.17 Å². The van der Waals surface area contributed by atoms with Gasteiger partial charge in [0.1, 0.15) is 5.78 Å². The van der Waals surface area contributed by atoms with Crippen LogP contribution in [0, 0.1) is 0 Å². The minimum atomic E-state index is -0.654. The largest absolute Gasteiger partial charge is 0.362 e. The molecule has 0 aliphatic rings. The lowest BCUT2D eigenvalue weighted by Crippen LogP contribution is -2.52. The Hall–Kier alpha value is -1.78. The van der Waals surface area contributed by atoms with Crippen molar-refractivity contribution in [1.29, 1.82) is 0 Å². The number of allylic oxidation sites excluding steroid dienone is 2. The number of Topliss-reactive ketones (excluding diaryl/α,β-unsaturated/α-hetero) is 1. The van der Waals surface area contributed by atoms with E-state index in [-0.39, 0.29) is 18.2 Å². The third-order valence-electron chi connectivity index (χ3n) is 8.63. The van der Waals surface area contributed by atoms with Gasteiger partial charge in [-0.1, -0.05) is 181 Å². The van der Waals surface area contributed by atoms with Crippen LogP contribution in [0.4, 0.5) is 0 Å². The Morgan fingerprint density at radius 2 is 0.750 bits per heavy atom. The molecular weight excluding hydrogens is 542 g/mol. The number of hydrogen-bond donors (Lipinski definition) is 3. The third-order valence-corrected chi connectivity index (χ3v) is 8.63. The Bertz CT molecular complexity index is 661. The summed E-state index contributed by atoms with van der Waals surface area (Å²) in [6.45, 7) is 14.4. The molecule has 0 saturated heterocycles. The molecule has 0 aliphatic heterocycles. The first kappa shape index (κ1) is 42.2. The van der Waals surface area contributed by atoms with Crippen molar-refractivity contribution in [3.05, 3.63) is 24.6 Å². The van der Waals surface area contributed by atoms with Crippen LogP contribution in [0.3, 0.4) is 0 Å². The van der Waals surface area contributed by atoms with E-state index in [1.165, 1.54) is 161 Å². The Labute approximate surface area is 274 Å². The molecule has 258 valence electrons. The van der Waals surface area contributed by atoms with Gasteiger partial charge in [0.2, 0.25) is 0 Å². The molecule has 0 bridgehead atoms. The van der Waals surface area contributed by atoms with Crippen LogP contribution in [0.25, 0.3) is 0 Å². The minimum Gasteiger partial charge on any atom is -0.362 e. The molecule has 0 rings (SSSR count). The Morgan fingerprint density at radius 3 is 1.02 bits per heavy atom. The van der Waals surface area contributed by atoms with Gasteiger partial charge in [0.25, 0.3) is 5.91 Å². The van der Waals surface area contributed by atoms with Crippen molar-refractivity contribution < 1.29 is 9.59 Å². The maximum Gasteiger partial charge on any atom is 0.263 e. The molecule has 0 aliphatic carbocycles. The fourth-order valence-electron chi connectivity index (χ4n) is 5.75. The number of hydrogen-bond acceptors (Lipinski definition) is 4. The highest BCUT2D eigenvalue weighted by Gasteiger charge is 2.19.